The molecule has 4 heteroatoms. The quantitative estimate of drug-likeness (QED) is 0.514. The smallest absolute Gasteiger partial charge is 0.548 e. The Morgan fingerprint density at radius 1 is 1.38 bits per heavy atom. The molecule has 0 aliphatic rings. The van der Waals surface area contributed by atoms with Gasteiger partial charge < -0.3 is 15.6 Å². The molecule has 1 aromatic rings. The van der Waals surface area contributed by atoms with Gasteiger partial charge in [-0.2, -0.15) is 0 Å². The van der Waals surface area contributed by atoms with E-state index in [4.69, 9.17) is 5.73 Å². The monoisotopic (exact) mass is 203 g/mol. The zero-order valence-electron chi connectivity index (χ0n) is 7.57. The van der Waals surface area contributed by atoms with E-state index >= 15 is 0 Å². The summed E-state index contributed by atoms with van der Waals surface area (Å²) in [6.45, 7) is 0. The van der Waals surface area contributed by atoms with E-state index in [0.717, 1.165) is 5.56 Å². The molecule has 0 spiro atoms. The molecule has 0 radical (unpaired) electrons. The Hall–Kier alpha value is 0.286. The van der Waals surface area contributed by atoms with E-state index in [0.29, 0.717) is 6.42 Å². The predicted molar refractivity (Wildman–Crippen MR) is 43.1 cm³/mol. The molecule has 0 aliphatic carbocycles. The van der Waals surface area contributed by atoms with E-state index < -0.39 is 12.0 Å². The first-order chi connectivity index (χ1) is 5.70. The van der Waals surface area contributed by atoms with Crippen LogP contribution >= 0.6 is 0 Å². The maximum Gasteiger partial charge on any atom is 1.00 e. The molecule has 0 bridgehead atoms. The van der Waals surface area contributed by atoms with Crippen molar-refractivity contribution >= 4 is 5.97 Å². The number of carboxylic acids is 1. The number of carbonyl (C=O) groups excluding carboxylic acids is 1. The van der Waals surface area contributed by atoms with Crippen molar-refractivity contribution in [1.29, 1.82) is 0 Å². The second kappa shape index (κ2) is 6.70. The molecule has 1 unspecified atom stereocenters. The minimum Gasteiger partial charge on any atom is -0.548 e. The van der Waals surface area contributed by atoms with Crippen LogP contribution in [0.4, 0.5) is 0 Å². The van der Waals surface area contributed by atoms with E-state index in [-0.39, 0.29) is 51.4 Å². The molecule has 1 rings (SSSR count). The summed E-state index contributed by atoms with van der Waals surface area (Å²) in [5.74, 6) is -1.21. The van der Waals surface area contributed by atoms with Crippen molar-refractivity contribution in [2.45, 2.75) is 12.5 Å². The molecule has 1 aromatic carbocycles. The van der Waals surface area contributed by atoms with Gasteiger partial charge in [-0.15, -0.1) is 0 Å². The number of benzene rings is 1. The van der Waals surface area contributed by atoms with Crippen molar-refractivity contribution < 1.29 is 61.3 Å². The van der Waals surface area contributed by atoms with Gasteiger partial charge in [-0.1, -0.05) is 30.3 Å². The molecule has 0 heterocycles. The molecule has 3 nitrogen and oxygen atoms in total. The van der Waals surface area contributed by atoms with Crippen molar-refractivity contribution in [1.82, 2.24) is 0 Å². The van der Waals surface area contributed by atoms with Crippen LogP contribution in [-0.2, 0) is 11.2 Å². The molecule has 0 fully saturated rings. The van der Waals surface area contributed by atoms with Gasteiger partial charge in [0.2, 0.25) is 0 Å². The van der Waals surface area contributed by atoms with E-state index in [9.17, 15) is 9.90 Å². The Labute approximate surface area is 120 Å². The van der Waals surface area contributed by atoms with Crippen molar-refractivity contribution in [2.75, 3.05) is 0 Å². The van der Waals surface area contributed by atoms with Crippen LogP contribution in [0, 0.1) is 0 Å². The molecular weight excluding hydrogens is 193 g/mol. The fourth-order valence-corrected chi connectivity index (χ4v) is 0.951. The summed E-state index contributed by atoms with van der Waals surface area (Å²) < 4.78 is 0. The van der Waals surface area contributed by atoms with Crippen molar-refractivity contribution in [3.63, 3.8) is 0 Å². The maximum absolute atomic E-state index is 10.3. The SMILES string of the molecule is NC(Cc1ccccc1)C(=O)[O-].[K+]. The average molecular weight is 203 g/mol. The topological polar surface area (TPSA) is 66.2 Å². The molecule has 0 amide bonds. The summed E-state index contributed by atoms with van der Waals surface area (Å²) in [4.78, 5) is 10.3. The van der Waals surface area contributed by atoms with Crippen LogP contribution in [0.25, 0.3) is 0 Å². The number of carboxylic acid groups (broad SMARTS) is 1. The van der Waals surface area contributed by atoms with Crippen LogP contribution in [0.15, 0.2) is 30.3 Å². The van der Waals surface area contributed by atoms with E-state index in [1.54, 1.807) is 0 Å². The Balaban J connectivity index is 0.00000144. The van der Waals surface area contributed by atoms with Crippen LogP contribution < -0.4 is 62.2 Å². The Bertz CT molecular complexity index is 264. The summed E-state index contributed by atoms with van der Waals surface area (Å²) in [6.07, 6.45) is 0.323. The van der Waals surface area contributed by atoms with E-state index in [1.165, 1.54) is 0 Å². The molecule has 2 N–H and O–H groups in total. The van der Waals surface area contributed by atoms with Gasteiger partial charge in [-0.05, 0) is 12.0 Å². The second-order valence-corrected chi connectivity index (χ2v) is 2.62. The minimum atomic E-state index is -1.21. The van der Waals surface area contributed by atoms with Gasteiger partial charge in [0.05, 0.1) is 5.97 Å². The zero-order valence-corrected chi connectivity index (χ0v) is 10.7. The summed E-state index contributed by atoms with van der Waals surface area (Å²) in [7, 11) is 0. The molecule has 0 saturated carbocycles. The summed E-state index contributed by atoms with van der Waals surface area (Å²) >= 11 is 0. The van der Waals surface area contributed by atoms with Gasteiger partial charge in [0.25, 0.3) is 0 Å². The fraction of sp³-hybridized carbons (Fsp3) is 0.222. The van der Waals surface area contributed by atoms with Gasteiger partial charge in [0.1, 0.15) is 0 Å². The predicted octanol–water partition coefficient (Wildman–Crippen LogP) is -3.69. The number of nitrogens with two attached hydrogens (primary N) is 1. The van der Waals surface area contributed by atoms with Crippen molar-refractivity contribution in [2.24, 2.45) is 5.73 Å². The van der Waals surface area contributed by atoms with Crippen LogP contribution in [0.3, 0.4) is 0 Å². The zero-order chi connectivity index (χ0) is 8.97. The number of hydrogen-bond acceptors (Lipinski definition) is 3. The molecule has 13 heavy (non-hydrogen) atoms. The number of rotatable bonds is 3. The third-order valence-corrected chi connectivity index (χ3v) is 1.60. The van der Waals surface area contributed by atoms with E-state index in [2.05, 4.69) is 0 Å². The number of aliphatic carboxylic acids is 1. The van der Waals surface area contributed by atoms with Gasteiger partial charge in [0.15, 0.2) is 0 Å². The largest absolute Gasteiger partial charge is 1.00 e. The summed E-state index contributed by atoms with van der Waals surface area (Å²) in [5.41, 5.74) is 6.20. The molecule has 0 aromatic heterocycles. The Morgan fingerprint density at radius 2 is 1.92 bits per heavy atom. The summed E-state index contributed by atoms with van der Waals surface area (Å²) in [6, 6.07) is 8.32. The van der Waals surface area contributed by atoms with Gasteiger partial charge in [0, 0.05) is 6.04 Å². The minimum absolute atomic E-state index is 0. The van der Waals surface area contributed by atoms with Crippen LogP contribution in [0.2, 0.25) is 0 Å². The average Bonchev–Trinajstić information content (AvgIpc) is 2.06. The fourth-order valence-electron chi connectivity index (χ4n) is 0.951. The molecule has 64 valence electrons. The third kappa shape index (κ3) is 4.90. The maximum atomic E-state index is 10.3. The molecule has 0 saturated heterocycles. The molecule has 0 aliphatic heterocycles. The van der Waals surface area contributed by atoms with Gasteiger partial charge in [-0.25, -0.2) is 0 Å². The number of hydrogen-bond donors (Lipinski definition) is 1. The van der Waals surface area contributed by atoms with Crippen LogP contribution in [0.5, 0.6) is 0 Å². The summed E-state index contributed by atoms with van der Waals surface area (Å²) in [5, 5.41) is 10.3. The van der Waals surface area contributed by atoms with Gasteiger partial charge >= 0.3 is 51.4 Å². The third-order valence-electron chi connectivity index (χ3n) is 1.60. The van der Waals surface area contributed by atoms with Crippen LogP contribution in [-0.4, -0.2) is 12.0 Å². The first kappa shape index (κ1) is 13.3. The Morgan fingerprint density at radius 3 is 2.38 bits per heavy atom. The number of carbonyl (C=O) groups is 1. The standard InChI is InChI=1S/C9H11NO2.K/c10-8(9(11)12)6-7-4-2-1-3-5-7;/h1-5,8H,6,10H2,(H,11,12);/q;+1/p-1. The van der Waals surface area contributed by atoms with Crippen molar-refractivity contribution in [3.05, 3.63) is 35.9 Å². The van der Waals surface area contributed by atoms with E-state index in [1.807, 2.05) is 30.3 Å². The normalized spacial score (nSPS) is 11.5. The first-order valence-corrected chi connectivity index (χ1v) is 3.70. The van der Waals surface area contributed by atoms with Crippen molar-refractivity contribution in [3.8, 4) is 0 Å². The second-order valence-electron chi connectivity index (χ2n) is 2.62. The molecule has 1 atom stereocenters. The first-order valence-electron chi connectivity index (χ1n) is 3.70. The van der Waals surface area contributed by atoms with Crippen LogP contribution in [0.1, 0.15) is 5.56 Å². The van der Waals surface area contributed by atoms with Gasteiger partial charge in [-0.3, -0.25) is 0 Å². The Kier molecular flexibility index (Phi) is 6.85. The molecular formula is C9H10KNO2.